The van der Waals surface area contributed by atoms with Crippen molar-refractivity contribution < 1.29 is 0 Å². The first-order valence-electron chi connectivity index (χ1n) is 5.85. The Morgan fingerprint density at radius 1 is 1.25 bits per heavy atom. The van der Waals surface area contributed by atoms with Gasteiger partial charge in [0.05, 0.1) is 9.26 Å². The summed E-state index contributed by atoms with van der Waals surface area (Å²) in [7, 11) is 0. The Balaban J connectivity index is 2.86. The van der Waals surface area contributed by atoms with Crippen molar-refractivity contribution in [3.8, 4) is 0 Å². The fourth-order valence-corrected chi connectivity index (χ4v) is 2.01. The van der Waals surface area contributed by atoms with Gasteiger partial charge in [0.15, 0.2) is 0 Å². The molecular formula is C12H20IN3. The Morgan fingerprint density at radius 3 is 2.50 bits per heavy atom. The van der Waals surface area contributed by atoms with Gasteiger partial charge in [-0.1, -0.05) is 27.2 Å². The summed E-state index contributed by atoms with van der Waals surface area (Å²) in [6.45, 7) is 6.58. The molecule has 1 heterocycles. The van der Waals surface area contributed by atoms with Gasteiger partial charge in [-0.25, -0.2) is 9.97 Å². The smallest absolute Gasteiger partial charge is 0.140 e. The van der Waals surface area contributed by atoms with Crippen LogP contribution < -0.4 is 5.73 Å². The van der Waals surface area contributed by atoms with Crippen molar-refractivity contribution >= 4 is 28.4 Å². The van der Waals surface area contributed by atoms with Crippen molar-refractivity contribution in [2.75, 3.05) is 5.73 Å². The number of aromatic nitrogens is 2. The zero-order valence-electron chi connectivity index (χ0n) is 10.3. The maximum absolute atomic E-state index is 5.90. The topological polar surface area (TPSA) is 51.8 Å². The molecule has 0 aromatic carbocycles. The van der Waals surface area contributed by atoms with Crippen LogP contribution in [0.15, 0.2) is 0 Å². The molecule has 0 spiro atoms. The highest BCUT2D eigenvalue weighted by molar-refractivity contribution is 14.1. The van der Waals surface area contributed by atoms with Gasteiger partial charge in [0.25, 0.3) is 0 Å². The molecule has 3 nitrogen and oxygen atoms in total. The van der Waals surface area contributed by atoms with E-state index in [4.69, 9.17) is 5.73 Å². The Kier molecular flexibility index (Phi) is 5.44. The summed E-state index contributed by atoms with van der Waals surface area (Å²) >= 11 is 2.24. The second-order valence-corrected chi connectivity index (χ2v) is 5.55. The molecule has 0 saturated heterocycles. The van der Waals surface area contributed by atoms with Gasteiger partial charge in [-0.15, -0.1) is 0 Å². The number of nitrogens with two attached hydrogens (primary N) is 1. The van der Waals surface area contributed by atoms with E-state index < -0.39 is 0 Å². The summed E-state index contributed by atoms with van der Waals surface area (Å²) in [4.78, 5) is 8.94. The van der Waals surface area contributed by atoms with E-state index in [1.165, 1.54) is 0 Å². The van der Waals surface area contributed by atoms with Gasteiger partial charge in [0.2, 0.25) is 0 Å². The molecule has 0 fully saturated rings. The molecule has 0 amide bonds. The van der Waals surface area contributed by atoms with Crippen molar-refractivity contribution in [2.24, 2.45) is 5.92 Å². The van der Waals surface area contributed by atoms with E-state index in [1.54, 1.807) is 0 Å². The third-order valence-electron chi connectivity index (χ3n) is 2.42. The number of halogens is 1. The van der Waals surface area contributed by atoms with E-state index in [9.17, 15) is 0 Å². The van der Waals surface area contributed by atoms with Crippen molar-refractivity contribution in [2.45, 2.75) is 46.5 Å². The minimum atomic E-state index is 0.637. The van der Waals surface area contributed by atoms with Crippen LogP contribution in [0.25, 0.3) is 0 Å². The quantitative estimate of drug-likeness (QED) is 0.842. The number of rotatable bonds is 5. The molecule has 0 bridgehead atoms. The van der Waals surface area contributed by atoms with Crippen molar-refractivity contribution in [1.82, 2.24) is 9.97 Å². The lowest BCUT2D eigenvalue weighted by molar-refractivity contribution is 0.573. The van der Waals surface area contributed by atoms with E-state index in [0.717, 1.165) is 40.8 Å². The molecule has 0 aliphatic heterocycles. The van der Waals surface area contributed by atoms with Crippen LogP contribution in [0.5, 0.6) is 0 Å². The predicted octanol–water partition coefficient (Wildman–Crippen LogP) is 3.20. The molecule has 0 saturated carbocycles. The predicted molar refractivity (Wildman–Crippen MR) is 76.3 cm³/mol. The first kappa shape index (κ1) is 13.7. The Labute approximate surface area is 111 Å². The van der Waals surface area contributed by atoms with Crippen LogP contribution in [-0.4, -0.2) is 9.97 Å². The van der Waals surface area contributed by atoms with Crippen molar-refractivity contribution in [1.29, 1.82) is 0 Å². The fourth-order valence-electron chi connectivity index (χ4n) is 1.50. The Morgan fingerprint density at radius 2 is 1.94 bits per heavy atom. The molecule has 0 radical (unpaired) electrons. The van der Waals surface area contributed by atoms with Gasteiger partial charge in [-0.3, -0.25) is 0 Å². The van der Waals surface area contributed by atoms with Crippen LogP contribution in [0, 0.1) is 9.49 Å². The Bertz CT molecular complexity index is 350. The molecule has 2 N–H and O–H groups in total. The molecule has 0 unspecified atom stereocenters. The molecule has 1 rings (SSSR count). The first-order chi connectivity index (χ1) is 7.54. The molecule has 0 aliphatic rings. The highest BCUT2D eigenvalue weighted by Crippen LogP contribution is 2.18. The first-order valence-corrected chi connectivity index (χ1v) is 6.93. The lowest BCUT2D eigenvalue weighted by atomic mass is 10.1. The number of aryl methyl sites for hydroxylation is 2. The van der Waals surface area contributed by atoms with Gasteiger partial charge in [0.1, 0.15) is 11.6 Å². The van der Waals surface area contributed by atoms with Crippen LogP contribution in [-0.2, 0) is 12.8 Å². The summed E-state index contributed by atoms with van der Waals surface area (Å²) < 4.78 is 1.02. The maximum Gasteiger partial charge on any atom is 0.140 e. The third kappa shape index (κ3) is 3.88. The summed E-state index contributed by atoms with van der Waals surface area (Å²) in [5, 5.41) is 0. The minimum Gasteiger partial charge on any atom is -0.383 e. The van der Waals surface area contributed by atoms with Gasteiger partial charge in [0, 0.05) is 6.42 Å². The largest absolute Gasteiger partial charge is 0.383 e. The molecular weight excluding hydrogens is 313 g/mol. The normalized spacial score (nSPS) is 11.1. The zero-order valence-corrected chi connectivity index (χ0v) is 12.4. The second kappa shape index (κ2) is 6.37. The number of anilines is 1. The Hall–Kier alpha value is -0.390. The van der Waals surface area contributed by atoms with Crippen LogP contribution in [0.3, 0.4) is 0 Å². The van der Waals surface area contributed by atoms with Gasteiger partial charge < -0.3 is 5.73 Å². The van der Waals surface area contributed by atoms with E-state index in [1.807, 2.05) is 0 Å². The molecule has 1 aromatic heterocycles. The monoisotopic (exact) mass is 333 g/mol. The number of hydrogen-bond acceptors (Lipinski definition) is 3. The SMILES string of the molecule is CCCc1nc(CCC(C)C)nc(N)c1I. The van der Waals surface area contributed by atoms with Gasteiger partial charge in [-0.05, 0) is 41.4 Å². The van der Waals surface area contributed by atoms with Gasteiger partial charge in [-0.2, -0.15) is 0 Å². The standard InChI is InChI=1S/C12H20IN3/c1-4-5-9-11(13)12(14)16-10(15-9)7-6-8(2)3/h8H,4-7H2,1-3H3,(H2,14,15,16). The van der Waals surface area contributed by atoms with Crippen molar-refractivity contribution in [3.05, 3.63) is 15.1 Å². The van der Waals surface area contributed by atoms with Crippen LogP contribution >= 0.6 is 22.6 Å². The average molecular weight is 333 g/mol. The van der Waals surface area contributed by atoms with E-state index in [0.29, 0.717) is 11.7 Å². The summed E-state index contributed by atoms with van der Waals surface area (Å²) in [6.07, 6.45) is 4.12. The lowest BCUT2D eigenvalue weighted by Gasteiger charge is -2.09. The van der Waals surface area contributed by atoms with Crippen LogP contribution in [0.4, 0.5) is 5.82 Å². The van der Waals surface area contributed by atoms with Crippen LogP contribution in [0.2, 0.25) is 0 Å². The highest BCUT2D eigenvalue weighted by atomic mass is 127. The molecule has 0 aliphatic carbocycles. The summed E-state index contributed by atoms with van der Waals surface area (Å²) in [5.41, 5.74) is 7.01. The molecule has 1 aromatic rings. The van der Waals surface area contributed by atoms with E-state index in [2.05, 4.69) is 53.3 Å². The van der Waals surface area contributed by atoms with E-state index in [-0.39, 0.29) is 0 Å². The molecule has 16 heavy (non-hydrogen) atoms. The number of nitrogens with zero attached hydrogens (tertiary/aromatic N) is 2. The molecule has 4 heteroatoms. The molecule has 0 atom stereocenters. The number of hydrogen-bond donors (Lipinski definition) is 1. The highest BCUT2D eigenvalue weighted by Gasteiger charge is 2.09. The van der Waals surface area contributed by atoms with Gasteiger partial charge >= 0.3 is 0 Å². The summed E-state index contributed by atoms with van der Waals surface area (Å²) in [5.74, 6) is 2.21. The van der Waals surface area contributed by atoms with Crippen LogP contribution in [0.1, 0.15) is 45.1 Å². The summed E-state index contributed by atoms with van der Waals surface area (Å²) in [6, 6.07) is 0. The number of nitrogen functional groups attached to an aromatic ring is 1. The zero-order chi connectivity index (χ0) is 12.1. The van der Waals surface area contributed by atoms with E-state index >= 15 is 0 Å². The average Bonchev–Trinajstić information content (AvgIpc) is 2.22. The lowest BCUT2D eigenvalue weighted by Crippen LogP contribution is -2.08. The third-order valence-corrected chi connectivity index (χ3v) is 3.60. The second-order valence-electron chi connectivity index (χ2n) is 4.47. The maximum atomic E-state index is 5.90. The minimum absolute atomic E-state index is 0.637. The van der Waals surface area contributed by atoms with Crippen molar-refractivity contribution in [3.63, 3.8) is 0 Å². The fraction of sp³-hybridized carbons (Fsp3) is 0.667. The molecule has 90 valence electrons.